The number of likely N-dealkylation sites (N-methyl/N-ethyl adjacent to an activating group) is 1. The summed E-state index contributed by atoms with van der Waals surface area (Å²) in [7, 11) is 1.87. The Labute approximate surface area is 104 Å². The van der Waals surface area contributed by atoms with Crippen molar-refractivity contribution in [2.45, 2.75) is 13.0 Å². The molecule has 1 rings (SSSR count). The highest BCUT2D eigenvalue weighted by atomic mass is 79.9. The third kappa shape index (κ3) is 4.56. The second-order valence-corrected chi connectivity index (χ2v) is 4.59. The van der Waals surface area contributed by atoms with Crippen LogP contribution in [0.15, 0.2) is 28.7 Å². The van der Waals surface area contributed by atoms with E-state index in [1.165, 1.54) is 0 Å². The third-order valence-electron chi connectivity index (χ3n) is 2.06. The predicted octanol–water partition coefficient (Wildman–Crippen LogP) is 2.36. The van der Waals surface area contributed by atoms with Gasteiger partial charge >= 0.3 is 0 Å². The molecule has 16 heavy (non-hydrogen) atoms. The zero-order valence-electron chi connectivity index (χ0n) is 9.11. The van der Waals surface area contributed by atoms with Gasteiger partial charge in [0, 0.05) is 11.0 Å². The number of Topliss-reactive ketones (excluding diaryl/α,β-unsaturated/α-hetero) is 1. The van der Waals surface area contributed by atoms with Gasteiger partial charge in [-0.25, -0.2) is 0 Å². The summed E-state index contributed by atoms with van der Waals surface area (Å²) >= 11 is 3.40. The fraction of sp³-hybridized carbons (Fsp3) is 0.333. The SMILES string of the molecule is CN(CC(=O)CC#N)Cc1cccc(Br)c1. The number of nitrogens with zero attached hydrogens (tertiary/aromatic N) is 2. The topological polar surface area (TPSA) is 44.1 Å². The van der Waals surface area contributed by atoms with E-state index in [2.05, 4.69) is 15.9 Å². The summed E-state index contributed by atoms with van der Waals surface area (Å²) < 4.78 is 1.03. The van der Waals surface area contributed by atoms with Crippen LogP contribution in [0.25, 0.3) is 0 Å². The molecule has 0 heterocycles. The van der Waals surface area contributed by atoms with Gasteiger partial charge in [-0.05, 0) is 24.7 Å². The minimum atomic E-state index is -0.0417. The Morgan fingerprint density at radius 1 is 1.56 bits per heavy atom. The molecule has 0 amide bonds. The van der Waals surface area contributed by atoms with E-state index in [0.29, 0.717) is 13.1 Å². The molecule has 0 atom stereocenters. The number of hydrogen-bond acceptors (Lipinski definition) is 3. The maximum absolute atomic E-state index is 11.2. The first-order chi connectivity index (χ1) is 7.61. The summed E-state index contributed by atoms with van der Waals surface area (Å²) in [5.74, 6) is -0.0417. The first-order valence-corrected chi connectivity index (χ1v) is 5.72. The van der Waals surface area contributed by atoms with Crippen molar-refractivity contribution in [3.63, 3.8) is 0 Å². The Hall–Kier alpha value is -1.18. The molecule has 4 heteroatoms. The minimum Gasteiger partial charge on any atom is -0.297 e. The lowest BCUT2D eigenvalue weighted by molar-refractivity contribution is -0.119. The Balaban J connectivity index is 2.49. The number of carbonyl (C=O) groups excluding carboxylic acids is 1. The molecule has 0 spiro atoms. The summed E-state index contributed by atoms with van der Waals surface area (Å²) in [5, 5.41) is 8.38. The molecule has 0 fully saturated rings. The van der Waals surface area contributed by atoms with Crippen LogP contribution in [0.3, 0.4) is 0 Å². The van der Waals surface area contributed by atoms with Gasteiger partial charge in [-0.3, -0.25) is 9.69 Å². The minimum absolute atomic E-state index is 0.0111. The Morgan fingerprint density at radius 3 is 2.94 bits per heavy atom. The van der Waals surface area contributed by atoms with Crippen LogP contribution in [0.5, 0.6) is 0 Å². The Kier molecular flexibility index (Phi) is 5.17. The van der Waals surface area contributed by atoms with Crippen LogP contribution in [0.2, 0.25) is 0 Å². The van der Waals surface area contributed by atoms with Crippen molar-refractivity contribution >= 4 is 21.7 Å². The molecule has 0 unspecified atom stereocenters. The molecule has 0 aliphatic heterocycles. The molecular weight excluding hydrogens is 268 g/mol. The van der Waals surface area contributed by atoms with E-state index >= 15 is 0 Å². The van der Waals surface area contributed by atoms with Gasteiger partial charge in [-0.1, -0.05) is 28.1 Å². The van der Waals surface area contributed by atoms with E-state index in [9.17, 15) is 4.79 Å². The van der Waals surface area contributed by atoms with Gasteiger partial charge in [-0.15, -0.1) is 0 Å². The first kappa shape index (κ1) is 12.9. The predicted molar refractivity (Wildman–Crippen MR) is 65.7 cm³/mol. The highest BCUT2D eigenvalue weighted by Crippen LogP contribution is 2.12. The zero-order valence-corrected chi connectivity index (χ0v) is 10.7. The molecule has 0 saturated carbocycles. The summed E-state index contributed by atoms with van der Waals surface area (Å²) in [4.78, 5) is 13.1. The van der Waals surface area contributed by atoms with Crippen molar-refractivity contribution in [1.29, 1.82) is 5.26 Å². The van der Waals surface area contributed by atoms with E-state index in [1.54, 1.807) is 0 Å². The summed E-state index contributed by atoms with van der Waals surface area (Å²) in [6, 6.07) is 9.82. The van der Waals surface area contributed by atoms with E-state index in [-0.39, 0.29) is 12.2 Å². The maximum Gasteiger partial charge on any atom is 0.160 e. The summed E-state index contributed by atoms with van der Waals surface area (Å²) in [5.41, 5.74) is 1.14. The molecule has 0 aromatic heterocycles. The molecule has 3 nitrogen and oxygen atoms in total. The number of hydrogen-bond donors (Lipinski definition) is 0. The number of benzene rings is 1. The van der Waals surface area contributed by atoms with E-state index in [1.807, 2.05) is 42.3 Å². The lowest BCUT2D eigenvalue weighted by Crippen LogP contribution is -2.25. The van der Waals surface area contributed by atoms with Crippen LogP contribution in [0.1, 0.15) is 12.0 Å². The summed E-state index contributed by atoms with van der Waals surface area (Å²) in [6.07, 6.45) is -0.0111. The van der Waals surface area contributed by atoms with Crippen molar-refractivity contribution < 1.29 is 4.79 Å². The molecule has 84 valence electrons. The third-order valence-corrected chi connectivity index (χ3v) is 2.56. The van der Waals surface area contributed by atoms with Crippen LogP contribution < -0.4 is 0 Å². The van der Waals surface area contributed by atoms with E-state index < -0.39 is 0 Å². The van der Waals surface area contributed by atoms with Crippen molar-refractivity contribution in [1.82, 2.24) is 4.90 Å². The van der Waals surface area contributed by atoms with Gasteiger partial charge in [0.25, 0.3) is 0 Å². The second kappa shape index (κ2) is 6.41. The fourth-order valence-electron chi connectivity index (χ4n) is 1.45. The fourth-order valence-corrected chi connectivity index (χ4v) is 1.89. The Bertz CT molecular complexity index is 412. The lowest BCUT2D eigenvalue weighted by atomic mass is 10.2. The molecule has 0 radical (unpaired) electrons. The molecule has 0 aliphatic rings. The van der Waals surface area contributed by atoms with E-state index in [4.69, 9.17) is 5.26 Å². The van der Waals surface area contributed by atoms with Crippen molar-refractivity contribution in [3.8, 4) is 6.07 Å². The van der Waals surface area contributed by atoms with Crippen molar-refractivity contribution in [2.75, 3.05) is 13.6 Å². The largest absolute Gasteiger partial charge is 0.297 e. The number of nitriles is 1. The molecule has 0 saturated heterocycles. The normalized spacial score (nSPS) is 10.1. The van der Waals surface area contributed by atoms with Crippen LogP contribution >= 0.6 is 15.9 Å². The van der Waals surface area contributed by atoms with Crippen LogP contribution in [-0.4, -0.2) is 24.3 Å². The van der Waals surface area contributed by atoms with Gasteiger partial charge < -0.3 is 0 Å². The van der Waals surface area contributed by atoms with Gasteiger partial charge in [0.2, 0.25) is 0 Å². The highest BCUT2D eigenvalue weighted by Gasteiger charge is 2.06. The smallest absolute Gasteiger partial charge is 0.160 e. The average molecular weight is 281 g/mol. The van der Waals surface area contributed by atoms with E-state index in [0.717, 1.165) is 10.0 Å². The number of ketones is 1. The molecule has 0 bridgehead atoms. The van der Waals surface area contributed by atoms with Gasteiger partial charge in [0.1, 0.15) is 0 Å². The average Bonchev–Trinajstić information content (AvgIpc) is 2.17. The van der Waals surface area contributed by atoms with Crippen LogP contribution in [0, 0.1) is 11.3 Å². The molecule has 0 aliphatic carbocycles. The zero-order chi connectivity index (χ0) is 12.0. The van der Waals surface area contributed by atoms with Gasteiger partial charge in [0.15, 0.2) is 5.78 Å². The molecule has 0 N–H and O–H groups in total. The number of halogens is 1. The van der Waals surface area contributed by atoms with Crippen LogP contribution in [0.4, 0.5) is 0 Å². The molecule has 1 aromatic carbocycles. The highest BCUT2D eigenvalue weighted by molar-refractivity contribution is 9.10. The summed E-state index contributed by atoms with van der Waals surface area (Å²) in [6.45, 7) is 1.02. The second-order valence-electron chi connectivity index (χ2n) is 3.68. The molecular formula is C12H13BrN2O. The Morgan fingerprint density at radius 2 is 2.31 bits per heavy atom. The maximum atomic E-state index is 11.2. The quantitative estimate of drug-likeness (QED) is 0.832. The van der Waals surface area contributed by atoms with Gasteiger partial charge in [0.05, 0.1) is 19.0 Å². The monoisotopic (exact) mass is 280 g/mol. The first-order valence-electron chi connectivity index (χ1n) is 4.93. The van der Waals surface area contributed by atoms with Crippen molar-refractivity contribution in [3.05, 3.63) is 34.3 Å². The van der Waals surface area contributed by atoms with Crippen LogP contribution in [-0.2, 0) is 11.3 Å². The number of carbonyl (C=O) groups is 1. The van der Waals surface area contributed by atoms with Crippen molar-refractivity contribution in [2.24, 2.45) is 0 Å². The molecule has 1 aromatic rings. The standard InChI is InChI=1S/C12H13BrN2O/c1-15(9-12(16)5-6-14)8-10-3-2-4-11(13)7-10/h2-4,7H,5,8-9H2,1H3. The van der Waals surface area contributed by atoms with Gasteiger partial charge in [-0.2, -0.15) is 5.26 Å². The lowest BCUT2D eigenvalue weighted by Gasteiger charge is -2.15. The number of rotatable bonds is 5.